The van der Waals surface area contributed by atoms with Crippen LogP contribution in [0.2, 0.25) is 0 Å². The van der Waals surface area contributed by atoms with Crippen molar-refractivity contribution >= 4 is 5.82 Å². The summed E-state index contributed by atoms with van der Waals surface area (Å²) in [7, 11) is 0. The lowest BCUT2D eigenvalue weighted by Crippen LogP contribution is -2.38. The highest BCUT2D eigenvalue weighted by Crippen LogP contribution is 2.38. The van der Waals surface area contributed by atoms with Gasteiger partial charge in [0, 0.05) is 30.9 Å². The lowest BCUT2D eigenvalue weighted by Gasteiger charge is -2.26. The van der Waals surface area contributed by atoms with E-state index in [-0.39, 0.29) is 11.6 Å². The lowest BCUT2D eigenvalue weighted by atomic mass is 10.2. The molecule has 1 saturated heterocycles. The number of hydrogen-bond donors (Lipinski definition) is 0. The molecular formula is C17H21N5O. The van der Waals surface area contributed by atoms with E-state index >= 15 is 0 Å². The van der Waals surface area contributed by atoms with Gasteiger partial charge in [0.1, 0.15) is 5.82 Å². The first kappa shape index (κ1) is 14.4. The molecular weight excluding hydrogens is 290 g/mol. The fourth-order valence-electron chi connectivity index (χ4n) is 3.38. The molecule has 1 unspecified atom stereocenters. The minimum atomic E-state index is -0.0166. The minimum absolute atomic E-state index is 0.0166. The van der Waals surface area contributed by atoms with Crippen molar-refractivity contribution in [3.8, 4) is 0 Å². The van der Waals surface area contributed by atoms with Crippen LogP contribution in [-0.2, 0) is 6.54 Å². The minimum Gasteiger partial charge on any atom is -0.350 e. The first-order chi connectivity index (χ1) is 11.2. The van der Waals surface area contributed by atoms with Crippen LogP contribution in [-0.4, -0.2) is 32.3 Å². The van der Waals surface area contributed by atoms with E-state index in [2.05, 4.69) is 20.0 Å². The number of nitrogens with zero attached hydrogens (tertiary/aromatic N) is 5. The van der Waals surface area contributed by atoms with Gasteiger partial charge in [-0.1, -0.05) is 0 Å². The molecule has 2 aliphatic rings. The van der Waals surface area contributed by atoms with Crippen LogP contribution in [0.15, 0.2) is 29.3 Å². The molecule has 1 saturated carbocycles. The van der Waals surface area contributed by atoms with Gasteiger partial charge in [-0.15, -0.1) is 0 Å². The van der Waals surface area contributed by atoms with Gasteiger partial charge in [-0.05, 0) is 38.7 Å². The molecule has 4 rings (SSSR count). The molecule has 0 aromatic carbocycles. The Morgan fingerprint density at radius 2 is 2.00 bits per heavy atom. The molecule has 2 aromatic heterocycles. The second-order valence-electron chi connectivity index (χ2n) is 6.51. The van der Waals surface area contributed by atoms with Gasteiger partial charge >= 0.3 is 0 Å². The second kappa shape index (κ2) is 5.76. The van der Waals surface area contributed by atoms with E-state index in [1.165, 1.54) is 12.8 Å². The van der Waals surface area contributed by atoms with Crippen LogP contribution >= 0.6 is 0 Å². The third-order valence-corrected chi connectivity index (χ3v) is 4.77. The van der Waals surface area contributed by atoms with Crippen molar-refractivity contribution in [3.05, 3.63) is 46.3 Å². The van der Waals surface area contributed by atoms with E-state index in [0.717, 1.165) is 36.6 Å². The third-order valence-electron chi connectivity index (χ3n) is 4.77. The van der Waals surface area contributed by atoms with Crippen molar-refractivity contribution in [2.24, 2.45) is 0 Å². The maximum atomic E-state index is 12.2. The van der Waals surface area contributed by atoms with Crippen molar-refractivity contribution in [1.29, 1.82) is 0 Å². The molecule has 23 heavy (non-hydrogen) atoms. The Balaban J connectivity index is 1.59. The first-order valence-electron chi connectivity index (χ1n) is 8.34. The highest BCUT2D eigenvalue weighted by Gasteiger charge is 2.29. The quantitative estimate of drug-likeness (QED) is 0.863. The fourth-order valence-corrected chi connectivity index (χ4v) is 3.38. The van der Waals surface area contributed by atoms with E-state index in [1.54, 1.807) is 23.1 Å². The normalized spacial score (nSPS) is 20.9. The predicted octanol–water partition coefficient (Wildman–Crippen LogP) is 1.89. The zero-order valence-corrected chi connectivity index (χ0v) is 13.4. The van der Waals surface area contributed by atoms with Crippen LogP contribution < -0.4 is 10.5 Å². The van der Waals surface area contributed by atoms with Gasteiger partial charge in [0.05, 0.1) is 24.0 Å². The molecule has 0 spiro atoms. The van der Waals surface area contributed by atoms with Crippen molar-refractivity contribution in [1.82, 2.24) is 19.7 Å². The lowest BCUT2D eigenvalue weighted by molar-refractivity contribution is 0.480. The summed E-state index contributed by atoms with van der Waals surface area (Å²) in [5.74, 6) is 1.49. The molecule has 2 aromatic rings. The molecule has 0 bridgehead atoms. The molecule has 1 atom stereocenters. The largest absolute Gasteiger partial charge is 0.350 e. The number of anilines is 1. The van der Waals surface area contributed by atoms with Gasteiger partial charge in [0.25, 0.3) is 5.56 Å². The van der Waals surface area contributed by atoms with Crippen LogP contribution in [0.25, 0.3) is 0 Å². The number of rotatable bonds is 4. The average Bonchev–Trinajstić information content (AvgIpc) is 3.30. The highest BCUT2D eigenvalue weighted by atomic mass is 16.1. The monoisotopic (exact) mass is 311 g/mol. The number of aromatic nitrogens is 4. The molecule has 0 N–H and O–H groups in total. The summed E-state index contributed by atoms with van der Waals surface area (Å²) in [5.41, 5.74) is 1.98. The molecule has 1 aliphatic carbocycles. The van der Waals surface area contributed by atoms with E-state index < -0.39 is 0 Å². The van der Waals surface area contributed by atoms with Crippen LogP contribution in [0.3, 0.4) is 0 Å². The average molecular weight is 311 g/mol. The van der Waals surface area contributed by atoms with Gasteiger partial charge in [-0.2, -0.15) is 5.10 Å². The summed E-state index contributed by atoms with van der Waals surface area (Å²) in [4.78, 5) is 23.3. The summed E-state index contributed by atoms with van der Waals surface area (Å²) >= 11 is 0. The summed E-state index contributed by atoms with van der Waals surface area (Å²) < 4.78 is 1.64. The Bertz CT molecular complexity index is 768. The van der Waals surface area contributed by atoms with Crippen LogP contribution in [0.1, 0.15) is 43.0 Å². The molecule has 0 amide bonds. The summed E-state index contributed by atoms with van der Waals surface area (Å²) in [6.07, 6.45) is 8.00. The number of hydrogen-bond acceptors (Lipinski definition) is 5. The zero-order valence-electron chi connectivity index (χ0n) is 13.4. The van der Waals surface area contributed by atoms with E-state index in [1.807, 2.05) is 13.0 Å². The van der Waals surface area contributed by atoms with Gasteiger partial charge in [0.15, 0.2) is 0 Å². The zero-order chi connectivity index (χ0) is 15.8. The molecule has 6 heteroatoms. The maximum absolute atomic E-state index is 12.2. The molecule has 6 nitrogen and oxygen atoms in total. The highest BCUT2D eigenvalue weighted by molar-refractivity contribution is 5.44. The molecule has 120 valence electrons. The Hall–Kier alpha value is -2.24. The Morgan fingerprint density at radius 1 is 1.17 bits per heavy atom. The van der Waals surface area contributed by atoms with Crippen molar-refractivity contribution < 1.29 is 0 Å². The maximum Gasteiger partial charge on any atom is 0.266 e. The van der Waals surface area contributed by atoms with Crippen molar-refractivity contribution in [3.63, 3.8) is 0 Å². The Kier molecular flexibility index (Phi) is 3.59. The molecule has 0 radical (unpaired) electrons. The van der Waals surface area contributed by atoms with Crippen LogP contribution in [0, 0.1) is 6.92 Å². The molecule has 3 heterocycles. The summed E-state index contributed by atoms with van der Waals surface area (Å²) in [6, 6.07) is 3.80. The van der Waals surface area contributed by atoms with Gasteiger partial charge < -0.3 is 4.90 Å². The Labute approximate surface area is 135 Å². The smallest absolute Gasteiger partial charge is 0.266 e. The molecule has 2 fully saturated rings. The number of aryl methyl sites for hydroxylation is 1. The summed E-state index contributed by atoms with van der Waals surface area (Å²) in [5, 5.41) is 4.59. The van der Waals surface area contributed by atoms with Gasteiger partial charge in [0.2, 0.25) is 0 Å². The first-order valence-corrected chi connectivity index (χ1v) is 8.34. The van der Waals surface area contributed by atoms with Crippen LogP contribution in [0.4, 0.5) is 5.82 Å². The molecule has 1 aliphatic heterocycles. The van der Waals surface area contributed by atoms with E-state index in [4.69, 9.17) is 0 Å². The SMILES string of the molecule is Cc1nccnc1N1CCCC1Cn1nc(C2CC2)ccc1=O. The van der Waals surface area contributed by atoms with Crippen LogP contribution in [0.5, 0.6) is 0 Å². The van der Waals surface area contributed by atoms with Gasteiger partial charge in [-0.25, -0.2) is 9.67 Å². The van der Waals surface area contributed by atoms with Crippen molar-refractivity contribution in [2.75, 3.05) is 11.4 Å². The second-order valence-corrected chi connectivity index (χ2v) is 6.51. The fraction of sp³-hybridized carbons (Fsp3) is 0.529. The van der Waals surface area contributed by atoms with Crippen molar-refractivity contribution in [2.45, 2.75) is 51.1 Å². The van der Waals surface area contributed by atoms with E-state index in [0.29, 0.717) is 12.5 Å². The topological polar surface area (TPSA) is 63.9 Å². The standard InChI is InChI=1S/C17H21N5O/c1-12-17(19-9-8-18-12)21-10-2-3-14(21)11-22-16(23)7-6-15(20-22)13-4-5-13/h6-9,13-14H,2-5,10-11H2,1H3. The van der Waals surface area contributed by atoms with Gasteiger partial charge in [-0.3, -0.25) is 9.78 Å². The predicted molar refractivity (Wildman–Crippen MR) is 87.6 cm³/mol. The third kappa shape index (κ3) is 2.85. The Morgan fingerprint density at radius 3 is 2.78 bits per heavy atom. The van der Waals surface area contributed by atoms with E-state index in [9.17, 15) is 4.79 Å². The summed E-state index contributed by atoms with van der Waals surface area (Å²) in [6.45, 7) is 3.56.